The van der Waals surface area contributed by atoms with Gasteiger partial charge in [-0.3, -0.25) is 0 Å². The fourth-order valence-corrected chi connectivity index (χ4v) is 2.95. The fourth-order valence-electron chi connectivity index (χ4n) is 1.79. The minimum absolute atomic E-state index is 0.0348. The van der Waals surface area contributed by atoms with E-state index in [1.54, 1.807) is 24.3 Å². The van der Waals surface area contributed by atoms with E-state index in [0.29, 0.717) is 18.2 Å². The van der Waals surface area contributed by atoms with Crippen molar-refractivity contribution in [2.24, 2.45) is 5.92 Å². The molecule has 0 aliphatic heterocycles. The molecule has 0 atom stereocenters. The summed E-state index contributed by atoms with van der Waals surface area (Å²) in [5.41, 5.74) is 0.621. The number of aromatic nitrogens is 4. The summed E-state index contributed by atoms with van der Waals surface area (Å²) in [5, 5.41) is 13.9. The molecule has 0 saturated carbocycles. The van der Waals surface area contributed by atoms with Crippen LogP contribution in [0.25, 0.3) is 5.69 Å². The number of tetrazole rings is 1. The quantitative estimate of drug-likeness (QED) is 0.757. The number of benzene rings is 1. The second-order valence-electron chi connectivity index (χ2n) is 5.13. The van der Waals surface area contributed by atoms with E-state index in [4.69, 9.17) is 0 Å². The number of hydrogen-bond donors (Lipinski definition) is 1. The van der Waals surface area contributed by atoms with Crippen LogP contribution in [0.4, 0.5) is 0 Å². The zero-order valence-corrected chi connectivity index (χ0v) is 12.9. The highest BCUT2D eigenvalue weighted by molar-refractivity contribution is 7.91. The van der Waals surface area contributed by atoms with Crippen LogP contribution in [-0.4, -0.2) is 47.5 Å². The van der Waals surface area contributed by atoms with Gasteiger partial charge in [-0.1, -0.05) is 37.1 Å². The topological polar surface area (TPSA) is 89.8 Å². The second-order valence-corrected chi connectivity index (χ2v) is 7.13. The molecule has 0 fully saturated rings. The molecule has 21 heavy (non-hydrogen) atoms. The lowest BCUT2D eigenvalue weighted by atomic mass is 10.2. The molecule has 8 heteroatoms. The van der Waals surface area contributed by atoms with Crippen LogP contribution >= 0.6 is 0 Å². The van der Waals surface area contributed by atoms with Crippen molar-refractivity contribution in [1.82, 2.24) is 25.5 Å². The Kier molecular flexibility index (Phi) is 5.03. The molecule has 0 radical (unpaired) electrons. The summed E-state index contributed by atoms with van der Waals surface area (Å²) >= 11 is 0. The molecule has 0 amide bonds. The molecule has 1 aromatic heterocycles. The van der Waals surface area contributed by atoms with E-state index in [0.717, 1.165) is 6.54 Å². The van der Waals surface area contributed by atoms with Crippen LogP contribution in [0.1, 0.15) is 13.8 Å². The molecule has 1 heterocycles. The Hall–Kier alpha value is -1.80. The number of hydrogen-bond acceptors (Lipinski definition) is 6. The maximum absolute atomic E-state index is 12.3. The lowest BCUT2D eigenvalue weighted by molar-refractivity contribution is 0.552. The van der Waals surface area contributed by atoms with E-state index in [2.05, 4.69) is 34.7 Å². The molecular formula is C13H19N5O2S. The van der Waals surface area contributed by atoms with Gasteiger partial charge < -0.3 is 5.32 Å². The molecule has 0 saturated heterocycles. The van der Waals surface area contributed by atoms with Crippen molar-refractivity contribution in [3.63, 3.8) is 0 Å². The van der Waals surface area contributed by atoms with Crippen molar-refractivity contribution in [1.29, 1.82) is 0 Å². The second kappa shape index (κ2) is 6.77. The Balaban J connectivity index is 2.13. The number of rotatable bonds is 7. The Bertz CT molecular complexity index is 667. The highest BCUT2D eigenvalue weighted by atomic mass is 32.2. The molecule has 0 aliphatic carbocycles. The molecule has 1 aromatic carbocycles. The van der Waals surface area contributed by atoms with E-state index in [-0.39, 0.29) is 10.9 Å². The van der Waals surface area contributed by atoms with Gasteiger partial charge in [0.15, 0.2) is 0 Å². The monoisotopic (exact) mass is 309 g/mol. The lowest BCUT2D eigenvalue weighted by Gasteiger charge is -2.08. The minimum atomic E-state index is -3.53. The Morgan fingerprint density at radius 3 is 2.62 bits per heavy atom. The van der Waals surface area contributed by atoms with Gasteiger partial charge in [0.1, 0.15) is 0 Å². The van der Waals surface area contributed by atoms with Crippen molar-refractivity contribution in [3.05, 3.63) is 30.3 Å². The minimum Gasteiger partial charge on any atom is -0.315 e. The van der Waals surface area contributed by atoms with Crippen LogP contribution in [-0.2, 0) is 9.84 Å². The lowest BCUT2D eigenvalue weighted by Crippen LogP contribution is -2.27. The van der Waals surface area contributed by atoms with Crippen molar-refractivity contribution in [2.45, 2.75) is 19.0 Å². The highest BCUT2D eigenvalue weighted by Gasteiger charge is 2.23. The maximum Gasteiger partial charge on any atom is 0.272 e. The first-order valence-corrected chi connectivity index (χ1v) is 8.43. The van der Waals surface area contributed by atoms with Crippen LogP contribution in [0.3, 0.4) is 0 Å². The summed E-state index contributed by atoms with van der Waals surface area (Å²) < 4.78 is 25.9. The third kappa shape index (κ3) is 4.08. The summed E-state index contributed by atoms with van der Waals surface area (Å²) in [5.74, 6) is 0.440. The van der Waals surface area contributed by atoms with Crippen molar-refractivity contribution in [3.8, 4) is 5.69 Å². The molecule has 0 bridgehead atoms. The van der Waals surface area contributed by atoms with Crippen molar-refractivity contribution >= 4 is 9.84 Å². The van der Waals surface area contributed by atoms with Gasteiger partial charge in [0.05, 0.1) is 11.4 Å². The van der Waals surface area contributed by atoms with Gasteiger partial charge in [0.2, 0.25) is 9.84 Å². The molecule has 2 aromatic rings. The van der Waals surface area contributed by atoms with E-state index in [1.165, 1.54) is 4.68 Å². The largest absolute Gasteiger partial charge is 0.315 e. The standard InChI is InChI=1S/C13H19N5O2S/c1-11(2)10-14-8-9-21(19,20)13-15-16-17-18(13)12-6-4-3-5-7-12/h3-7,11,14H,8-10H2,1-2H3. The maximum atomic E-state index is 12.3. The normalized spacial score (nSPS) is 12.0. The zero-order valence-electron chi connectivity index (χ0n) is 12.1. The predicted octanol–water partition coefficient (Wildman–Crippen LogP) is 0.682. The first-order chi connectivity index (χ1) is 10.0. The molecule has 0 aliphatic rings. The SMILES string of the molecule is CC(C)CNCCS(=O)(=O)c1nnnn1-c1ccccc1. The van der Waals surface area contributed by atoms with Crippen LogP contribution in [0, 0.1) is 5.92 Å². The summed E-state index contributed by atoms with van der Waals surface area (Å²) in [6, 6.07) is 8.96. The average Bonchev–Trinajstić information content (AvgIpc) is 2.95. The fraction of sp³-hybridized carbons (Fsp3) is 0.462. The third-order valence-corrected chi connectivity index (χ3v) is 4.37. The summed E-state index contributed by atoms with van der Waals surface area (Å²) in [6.07, 6.45) is 0. The number of nitrogens with one attached hydrogen (secondary N) is 1. The third-order valence-electron chi connectivity index (χ3n) is 2.82. The molecule has 7 nitrogen and oxygen atoms in total. The first kappa shape index (κ1) is 15.6. The van der Waals surface area contributed by atoms with Crippen LogP contribution in [0.5, 0.6) is 0 Å². The molecule has 0 unspecified atom stereocenters. The van der Waals surface area contributed by atoms with Gasteiger partial charge >= 0.3 is 0 Å². The Morgan fingerprint density at radius 2 is 1.95 bits per heavy atom. The van der Waals surface area contributed by atoms with E-state index in [9.17, 15) is 8.42 Å². The predicted molar refractivity (Wildman–Crippen MR) is 78.9 cm³/mol. The van der Waals surface area contributed by atoms with Gasteiger partial charge in [-0.15, -0.1) is 0 Å². The van der Waals surface area contributed by atoms with Gasteiger partial charge in [-0.2, -0.15) is 4.68 Å². The van der Waals surface area contributed by atoms with Gasteiger partial charge in [-0.05, 0) is 35.0 Å². The average molecular weight is 309 g/mol. The molecular weight excluding hydrogens is 290 g/mol. The molecule has 114 valence electrons. The summed E-state index contributed by atoms with van der Waals surface area (Å²) in [6.45, 7) is 5.29. The molecule has 2 rings (SSSR count). The summed E-state index contributed by atoms with van der Waals surface area (Å²) in [7, 11) is -3.53. The van der Waals surface area contributed by atoms with E-state index in [1.807, 2.05) is 6.07 Å². The smallest absolute Gasteiger partial charge is 0.272 e. The van der Waals surface area contributed by atoms with Crippen molar-refractivity contribution < 1.29 is 8.42 Å². The molecule has 0 spiro atoms. The number of nitrogens with zero attached hydrogens (tertiary/aromatic N) is 4. The van der Waals surface area contributed by atoms with Gasteiger partial charge in [0, 0.05) is 6.54 Å². The number of para-hydroxylation sites is 1. The van der Waals surface area contributed by atoms with Crippen molar-refractivity contribution in [2.75, 3.05) is 18.8 Å². The van der Waals surface area contributed by atoms with Crippen LogP contribution < -0.4 is 5.32 Å². The van der Waals surface area contributed by atoms with E-state index < -0.39 is 9.84 Å². The number of sulfone groups is 1. The first-order valence-electron chi connectivity index (χ1n) is 6.78. The van der Waals surface area contributed by atoms with Gasteiger partial charge in [0.25, 0.3) is 5.16 Å². The van der Waals surface area contributed by atoms with Crippen LogP contribution in [0.2, 0.25) is 0 Å². The highest BCUT2D eigenvalue weighted by Crippen LogP contribution is 2.12. The summed E-state index contributed by atoms with van der Waals surface area (Å²) in [4.78, 5) is 0. The van der Waals surface area contributed by atoms with Gasteiger partial charge in [-0.25, -0.2) is 8.42 Å². The Morgan fingerprint density at radius 1 is 1.24 bits per heavy atom. The van der Waals surface area contributed by atoms with E-state index >= 15 is 0 Å². The molecule has 1 N–H and O–H groups in total. The Labute approximate surface area is 124 Å². The van der Waals surface area contributed by atoms with Crippen LogP contribution in [0.15, 0.2) is 35.5 Å². The zero-order chi connectivity index (χ0) is 15.3.